The van der Waals surface area contributed by atoms with E-state index in [1.54, 1.807) is 18.2 Å². The molecule has 0 bridgehead atoms. The number of hydrogen-bond acceptors (Lipinski definition) is 8. The summed E-state index contributed by atoms with van der Waals surface area (Å²) in [7, 11) is -1.02. The van der Waals surface area contributed by atoms with Crippen LogP contribution in [0.5, 0.6) is 6.01 Å². The summed E-state index contributed by atoms with van der Waals surface area (Å²) < 4.78 is 37.4. The molecule has 0 atom stereocenters. The van der Waals surface area contributed by atoms with E-state index in [9.17, 15) is 13.2 Å². The van der Waals surface area contributed by atoms with Crippen molar-refractivity contribution in [2.24, 2.45) is 0 Å². The number of sulfone groups is 1. The molecule has 0 unspecified atom stereocenters. The average Bonchev–Trinajstić information content (AvgIpc) is 2.96. The molecule has 9 heteroatoms. The smallest absolute Gasteiger partial charge is 0.337 e. The Kier molecular flexibility index (Phi) is 4.53. The Bertz CT molecular complexity index is 755. The van der Waals surface area contributed by atoms with E-state index >= 15 is 0 Å². The molecule has 0 N–H and O–H groups in total. The van der Waals surface area contributed by atoms with Gasteiger partial charge < -0.3 is 9.47 Å². The molecule has 1 aromatic heterocycles. The van der Waals surface area contributed by atoms with Crippen LogP contribution in [0.25, 0.3) is 0 Å². The van der Waals surface area contributed by atoms with Gasteiger partial charge in [0.2, 0.25) is 14.2 Å². The molecule has 0 saturated heterocycles. The van der Waals surface area contributed by atoms with Crippen molar-refractivity contribution in [3.8, 4) is 6.01 Å². The standard InChI is InChI=1S/C12H12N2O5S2/c1-18-10(15)9-5-3-4-8(6-9)7-21(16,17)12-13-11(19-2)14-20-12/h3-6H,7H2,1-2H3. The third kappa shape index (κ3) is 3.56. The van der Waals surface area contributed by atoms with Gasteiger partial charge in [-0.3, -0.25) is 0 Å². The summed E-state index contributed by atoms with van der Waals surface area (Å²) in [5.74, 6) is -0.803. The minimum atomic E-state index is -3.64. The van der Waals surface area contributed by atoms with Crippen molar-refractivity contribution >= 4 is 27.3 Å². The lowest BCUT2D eigenvalue weighted by molar-refractivity contribution is 0.0600. The number of esters is 1. The Morgan fingerprint density at radius 1 is 1.33 bits per heavy atom. The highest BCUT2D eigenvalue weighted by Crippen LogP contribution is 2.21. The topological polar surface area (TPSA) is 95.5 Å². The van der Waals surface area contributed by atoms with Crippen LogP contribution in [0.2, 0.25) is 0 Å². The van der Waals surface area contributed by atoms with Crippen LogP contribution >= 0.6 is 11.5 Å². The fourth-order valence-corrected chi connectivity index (χ4v) is 3.69. The van der Waals surface area contributed by atoms with Gasteiger partial charge in [0.05, 0.1) is 25.5 Å². The van der Waals surface area contributed by atoms with Gasteiger partial charge in [-0.05, 0) is 17.7 Å². The van der Waals surface area contributed by atoms with Gasteiger partial charge in [-0.15, -0.1) is 4.37 Å². The van der Waals surface area contributed by atoms with Gasteiger partial charge in [0, 0.05) is 11.5 Å². The molecule has 7 nitrogen and oxygen atoms in total. The molecule has 1 heterocycles. The summed E-state index contributed by atoms with van der Waals surface area (Å²) in [5.41, 5.74) is 0.757. The Balaban J connectivity index is 2.26. The first kappa shape index (κ1) is 15.4. The van der Waals surface area contributed by atoms with Gasteiger partial charge in [0.25, 0.3) is 0 Å². The molecule has 0 aliphatic carbocycles. The Hall–Kier alpha value is -2.00. The molecular weight excluding hydrogens is 316 g/mol. The number of ether oxygens (including phenoxy) is 2. The highest BCUT2D eigenvalue weighted by Gasteiger charge is 2.21. The normalized spacial score (nSPS) is 11.1. The van der Waals surface area contributed by atoms with Crippen molar-refractivity contribution in [3.63, 3.8) is 0 Å². The van der Waals surface area contributed by atoms with Crippen LogP contribution in [0.4, 0.5) is 0 Å². The first-order chi connectivity index (χ1) is 9.96. The van der Waals surface area contributed by atoms with E-state index in [4.69, 9.17) is 4.74 Å². The third-order valence-electron chi connectivity index (χ3n) is 2.54. The quantitative estimate of drug-likeness (QED) is 0.763. The van der Waals surface area contributed by atoms with Crippen LogP contribution in [0, 0.1) is 0 Å². The van der Waals surface area contributed by atoms with Crippen LogP contribution in [-0.2, 0) is 20.3 Å². The van der Waals surface area contributed by atoms with Gasteiger partial charge in [-0.2, -0.15) is 4.98 Å². The van der Waals surface area contributed by atoms with Crippen molar-refractivity contribution in [1.29, 1.82) is 0 Å². The zero-order chi connectivity index (χ0) is 15.5. The number of aromatic nitrogens is 2. The number of rotatable bonds is 5. The summed E-state index contributed by atoms with van der Waals surface area (Å²) in [6.07, 6.45) is 0. The summed E-state index contributed by atoms with van der Waals surface area (Å²) in [6.45, 7) is 0. The van der Waals surface area contributed by atoms with Crippen LogP contribution in [0.15, 0.2) is 28.6 Å². The Morgan fingerprint density at radius 3 is 2.71 bits per heavy atom. The van der Waals surface area contributed by atoms with E-state index < -0.39 is 15.8 Å². The first-order valence-electron chi connectivity index (χ1n) is 5.74. The number of hydrogen-bond donors (Lipinski definition) is 0. The maximum atomic E-state index is 12.2. The molecule has 0 aliphatic heterocycles. The maximum Gasteiger partial charge on any atom is 0.337 e. The lowest BCUT2D eigenvalue weighted by atomic mass is 10.1. The lowest BCUT2D eigenvalue weighted by Crippen LogP contribution is -2.07. The van der Waals surface area contributed by atoms with E-state index in [0.717, 1.165) is 11.5 Å². The van der Waals surface area contributed by atoms with Crippen molar-refractivity contribution in [2.45, 2.75) is 10.1 Å². The third-order valence-corrected chi connectivity index (χ3v) is 5.36. The predicted octanol–water partition coefficient (Wildman–Crippen LogP) is 1.31. The van der Waals surface area contributed by atoms with Gasteiger partial charge in [-0.25, -0.2) is 13.2 Å². The predicted molar refractivity (Wildman–Crippen MR) is 75.1 cm³/mol. The molecule has 21 heavy (non-hydrogen) atoms. The number of nitrogens with zero attached hydrogens (tertiary/aromatic N) is 2. The largest absolute Gasteiger partial charge is 0.466 e. The summed E-state index contributed by atoms with van der Waals surface area (Å²) in [4.78, 5) is 15.2. The first-order valence-corrected chi connectivity index (χ1v) is 8.16. The fraction of sp³-hybridized carbons (Fsp3) is 0.250. The molecule has 2 aromatic rings. The van der Waals surface area contributed by atoms with Crippen LogP contribution < -0.4 is 4.74 Å². The molecule has 0 radical (unpaired) electrons. The van der Waals surface area contributed by atoms with Crippen LogP contribution in [-0.4, -0.2) is 38.0 Å². The number of carbonyl (C=O) groups excluding carboxylic acids is 1. The molecule has 0 aliphatic rings. The maximum absolute atomic E-state index is 12.2. The van der Waals surface area contributed by atoms with Gasteiger partial charge >= 0.3 is 12.0 Å². The zero-order valence-electron chi connectivity index (χ0n) is 11.3. The number of benzene rings is 1. The summed E-state index contributed by atoms with van der Waals surface area (Å²) in [5, 5.41) is 0. The second kappa shape index (κ2) is 6.19. The van der Waals surface area contributed by atoms with Crippen LogP contribution in [0.1, 0.15) is 15.9 Å². The second-order valence-electron chi connectivity index (χ2n) is 4.00. The molecule has 1 aromatic carbocycles. The summed E-state index contributed by atoms with van der Waals surface area (Å²) in [6, 6.07) is 6.25. The molecule has 112 valence electrons. The highest BCUT2D eigenvalue weighted by molar-refractivity contribution is 7.92. The van der Waals surface area contributed by atoms with Gasteiger partial charge in [0.15, 0.2) is 0 Å². The molecular formula is C12H12N2O5S2. The van der Waals surface area contributed by atoms with Crippen LogP contribution in [0.3, 0.4) is 0 Å². The Morgan fingerprint density at radius 2 is 2.10 bits per heavy atom. The molecule has 0 fully saturated rings. The molecule has 0 spiro atoms. The lowest BCUT2D eigenvalue weighted by Gasteiger charge is -2.03. The SMILES string of the molecule is COC(=O)c1cccc(CS(=O)(=O)c2nc(OC)ns2)c1. The monoisotopic (exact) mass is 328 g/mol. The van der Waals surface area contributed by atoms with Crippen molar-refractivity contribution in [1.82, 2.24) is 9.36 Å². The highest BCUT2D eigenvalue weighted by atomic mass is 32.2. The fourth-order valence-electron chi connectivity index (χ4n) is 1.59. The number of carbonyl (C=O) groups is 1. The van der Waals surface area contributed by atoms with E-state index in [1.807, 2.05) is 0 Å². The van der Waals surface area contributed by atoms with Crippen molar-refractivity contribution < 1.29 is 22.7 Å². The molecule has 0 saturated carbocycles. The molecule has 2 rings (SSSR count). The molecule has 0 amide bonds. The minimum absolute atomic E-state index is 0.0156. The Labute approximate surface area is 125 Å². The zero-order valence-corrected chi connectivity index (χ0v) is 12.9. The van der Waals surface area contributed by atoms with Gasteiger partial charge in [-0.1, -0.05) is 12.1 Å². The van der Waals surface area contributed by atoms with E-state index in [1.165, 1.54) is 20.3 Å². The second-order valence-corrected chi connectivity index (χ2v) is 6.91. The van der Waals surface area contributed by atoms with Crippen molar-refractivity contribution in [3.05, 3.63) is 35.4 Å². The van der Waals surface area contributed by atoms with E-state index in [-0.39, 0.29) is 16.1 Å². The number of methoxy groups -OCH3 is 2. The van der Waals surface area contributed by atoms with Gasteiger partial charge in [0.1, 0.15) is 0 Å². The average molecular weight is 328 g/mol. The van der Waals surface area contributed by atoms with E-state index in [2.05, 4.69) is 14.1 Å². The summed E-state index contributed by atoms with van der Waals surface area (Å²) >= 11 is 0.750. The van der Waals surface area contributed by atoms with E-state index in [0.29, 0.717) is 11.1 Å². The minimum Gasteiger partial charge on any atom is -0.466 e. The van der Waals surface area contributed by atoms with Crippen molar-refractivity contribution in [2.75, 3.05) is 14.2 Å².